The first kappa shape index (κ1) is 14.6. The van der Waals surface area contributed by atoms with E-state index in [0.29, 0.717) is 11.7 Å². The Labute approximate surface area is 118 Å². The molecule has 1 aliphatic carbocycles. The largest absolute Gasteiger partial charge is 0.494 e. The first-order chi connectivity index (χ1) is 9.60. The Morgan fingerprint density at radius 3 is 2.70 bits per heavy atom. The second kappa shape index (κ2) is 6.59. The summed E-state index contributed by atoms with van der Waals surface area (Å²) < 4.78 is 18.4. The molecule has 1 atom stereocenters. The van der Waals surface area contributed by atoms with Crippen LogP contribution in [0.1, 0.15) is 32.6 Å². The molecule has 1 saturated carbocycles. The molecule has 1 unspecified atom stereocenters. The average molecular weight is 280 g/mol. The maximum Gasteiger partial charge on any atom is 0.242 e. The van der Waals surface area contributed by atoms with Crippen molar-refractivity contribution >= 4 is 11.6 Å². The summed E-state index contributed by atoms with van der Waals surface area (Å²) in [6, 6.07) is 4.46. The van der Waals surface area contributed by atoms with Gasteiger partial charge in [-0.2, -0.15) is 0 Å². The van der Waals surface area contributed by atoms with Crippen LogP contribution in [-0.2, 0) is 4.79 Å². The topological polar surface area (TPSA) is 50.4 Å². The Kier molecular flexibility index (Phi) is 4.82. The van der Waals surface area contributed by atoms with Gasteiger partial charge in [-0.25, -0.2) is 4.39 Å². The van der Waals surface area contributed by atoms with Crippen LogP contribution < -0.4 is 15.4 Å². The number of anilines is 1. The lowest BCUT2D eigenvalue weighted by Gasteiger charge is -2.18. The zero-order chi connectivity index (χ0) is 14.5. The van der Waals surface area contributed by atoms with E-state index in [1.807, 2.05) is 0 Å². The van der Waals surface area contributed by atoms with Crippen molar-refractivity contribution in [3.05, 3.63) is 24.0 Å². The van der Waals surface area contributed by atoms with Crippen LogP contribution in [0.3, 0.4) is 0 Å². The summed E-state index contributed by atoms with van der Waals surface area (Å²) in [5.41, 5.74) is 0.567. The number of hydrogen-bond acceptors (Lipinski definition) is 3. The van der Waals surface area contributed by atoms with E-state index in [1.165, 1.54) is 26.0 Å². The highest BCUT2D eigenvalue weighted by molar-refractivity contribution is 5.84. The third kappa shape index (κ3) is 3.62. The summed E-state index contributed by atoms with van der Waals surface area (Å²) in [5.74, 6) is -0.298. The first-order valence-electron chi connectivity index (χ1n) is 7.00. The van der Waals surface area contributed by atoms with Gasteiger partial charge in [0, 0.05) is 17.8 Å². The summed E-state index contributed by atoms with van der Waals surface area (Å²) in [7, 11) is 1.42. The van der Waals surface area contributed by atoms with E-state index < -0.39 is 11.9 Å². The SMILES string of the molecule is COc1ccc(NC(C)C(=O)NC2CCCC2)cc1F. The minimum atomic E-state index is -0.444. The molecule has 4 nitrogen and oxygen atoms in total. The van der Waals surface area contributed by atoms with Crippen LogP contribution in [0.5, 0.6) is 5.75 Å². The Balaban J connectivity index is 1.91. The highest BCUT2D eigenvalue weighted by Crippen LogP contribution is 2.21. The molecule has 0 spiro atoms. The van der Waals surface area contributed by atoms with E-state index in [-0.39, 0.29) is 11.7 Å². The minimum Gasteiger partial charge on any atom is -0.494 e. The third-order valence-electron chi connectivity index (χ3n) is 3.63. The molecule has 1 aromatic rings. The van der Waals surface area contributed by atoms with E-state index >= 15 is 0 Å². The van der Waals surface area contributed by atoms with Crippen LogP contribution in [0.15, 0.2) is 18.2 Å². The molecule has 1 aromatic carbocycles. The van der Waals surface area contributed by atoms with Crippen molar-refractivity contribution in [2.24, 2.45) is 0 Å². The molecule has 2 rings (SSSR count). The lowest BCUT2D eigenvalue weighted by atomic mass is 10.2. The molecule has 1 amide bonds. The zero-order valence-corrected chi connectivity index (χ0v) is 11.9. The fourth-order valence-electron chi connectivity index (χ4n) is 2.47. The van der Waals surface area contributed by atoms with Gasteiger partial charge in [-0.15, -0.1) is 0 Å². The van der Waals surface area contributed by atoms with Crippen LogP contribution in [0.25, 0.3) is 0 Å². The summed E-state index contributed by atoms with van der Waals surface area (Å²) in [5, 5.41) is 6.02. The van der Waals surface area contributed by atoms with Gasteiger partial charge in [-0.3, -0.25) is 4.79 Å². The van der Waals surface area contributed by atoms with Crippen LogP contribution in [0, 0.1) is 5.82 Å². The van der Waals surface area contributed by atoms with Crippen LogP contribution in [0.4, 0.5) is 10.1 Å². The Bertz CT molecular complexity index is 473. The molecule has 2 N–H and O–H groups in total. The molecule has 0 heterocycles. The number of benzene rings is 1. The Hall–Kier alpha value is -1.78. The van der Waals surface area contributed by atoms with Gasteiger partial charge in [0.25, 0.3) is 0 Å². The van der Waals surface area contributed by atoms with E-state index in [0.717, 1.165) is 12.8 Å². The lowest BCUT2D eigenvalue weighted by molar-refractivity contribution is -0.122. The fraction of sp³-hybridized carbons (Fsp3) is 0.533. The van der Waals surface area contributed by atoms with Crippen molar-refractivity contribution in [2.75, 3.05) is 12.4 Å². The second-order valence-electron chi connectivity index (χ2n) is 5.21. The van der Waals surface area contributed by atoms with Crippen molar-refractivity contribution in [3.63, 3.8) is 0 Å². The van der Waals surface area contributed by atoms with Crippen molar-refractivity contribution in [2.45, 2.75) is 44.7 Å². The summed E-state index contributed by atoms with van der Waals surface area (Å²) in [6.07, 6.45) is 4.46. The van der Waals surface area contributed by atoms with Gasteiger partial charge >= 0.3 is 0 Å². The number of rotatable bonds is 5. The van der Waals surface area contributed by atoms with E-state index in [1.54, 1.807) is 19.1 Å². The number of carbonyl (C=O) groups is 1. The average Bonchev–Trinajstić information content (AvgIpc) is 2.91. The van der Waals surface area contributed by atoms with Gasteiger partial charge in [0.15, 0.2) is 11.6 Å². The van der Waals surface area contributed by atoms with Gasteiger partial charge in [0.1, 0.15) is 6.04 Å². The molecular weight excluding hydrogens is 259 g/mol. The molecule has 0 radical (unpaired) electrons. The number of carbonyl (C=O) groups excluding carboxylic acids is 1. The molecule has 0 saturated heterocycles. The first-order valence-corrected chi connectivity index (χ1v) is 7.00. The van der Waals surface area contributed by atoms with Gasteiger partial charge in [0.2, 0.25) is 5.91 Å². The number of ether oxygens (including phenoxy) is 1. The summed E-state index contributed by atoms with van der Waals surface area (Å²) >= 11 is 0. The fourth-order valence-corrected chi connectivity index (χ4v) is 2.47. The molecule has 1 aliphatic rings. The predicted octanol–water partition coefficient (Wildman–Crippen LogP) is 2.69. The quantitative estimate of drug-likeness (QED) is 0.872. The van der Waals surface area contributed by atoms with Crippen molar-refractivity contribution in [1.29, 1.82) is 0 Å². The molecule has 0 aliphatic heterocycles. The van der Waals surface area contributed by atoms with Crippen molar-refractivity contribution in [1.82, 2.24) is 5.32 Å². The summed E-state index contributed by atoms with van der Waals surface area (Å²) in [6.45, 7) is 1.77. The number of halogens is 1. The molecule has 1 fully saturated rings. The van der Waals surface area contributed by atoms with Gasteiger partial charge in [0.05, 0.1) is 7.11 Å². The highest BCUT2D eigenvalue weighted by atomic mass is 19.1. The lowest BCUT2D eigenvalue weighted by Crippen LogP contribution is -2.42. The van der Waals surface area contributed by atoms with Crippen LogP contribution >= 0.6 is 0 Å². The Morgan fingerprint density at radius 1 is 1.40 bits per heavy atom. The normalized spacial score (nSPS) is 16.8. The summed E-state index contributed by atoms with van der Waals surface area (Å²) in [4.78, 5) is 12.0. The molecule has 0 aromatic heterocycles. The molecule has 0 bridgehead atoms. The number of methoxy groups -OCH3 is 1. The monoisotopic (exact) mass is 280 g/mol. The van der Waals surface area contributed by atoms with E-state index in [2.05, 4.69) is 10.6 Å². The molecule has 110 valence electrons. The highest BCUT2D eigenvalue weighted by Gasteiger charge is 2.20. The molecular formula is C15H21FN2O2. The standard InChI is InChI=1S/C15H21FN2O2/c1-10(15(19)18-11-5-3-4-6-11)17-12-7-8-14(20-2)13(16)9-12/h7-11,17H,3-6H2,1-2H3,(H,18,19). The van der Waals surface area contributed by atoms with Crippen molar-refractivity contribution in [3.8, 4) is 5.75 Å². The maximum atomic E-state index is 13.6. The van der Waals surface area contributed by atoms with E-state index in [9.17, 15) is 9.18 Å². The number of hydrogen-bond donors (Lipinski definition) is 2. The smallest absolute Gasteiger partial charge is 0.242 e. The Morgan fingerprint density at radius 2 is 2.10 bits per heavy atom. The maximum absolute atomic E-state index is 13.6. The predicted molar refractivity (Wildman–Crippen MR) is 76.4 cm³/mol. The third-order valence-corrected chi connectivity index (χ3v) is 3.63. The number of amides is 1. The minimum absolute atomic E-state index is 0.0480. The molecule has 20 heavy (non-hydrogen) atoms. The van der Waals surface area contributed by atoms with Crippen molar-refractivity contribution < 1.29 is 13.9 Å². The van der Waals surface area contributed by atoms with Crippen LogP contribution in [0.2, 0.25) is 0 Å². The number of nitrogens with one attached hydrogen (secondary N) is 2. The van der Waals surface area contributed by atoms with Gasteiger partial charge in [-0.05, 0) is 31.9 Å². The van der Waals surface area contributed by atoms with Gasteiger partial charge < -0.3 is 15.4 Å². The van der Waals surface area contributed by atoms with E-state index in [4.69, 9.17) is 4.74 Å². The molecule has 5 heteroatoms. The van der Waals surface area contributed by atoms with Gasteiger partial charge in [-0.1, -0.05) is 12.8 Å². The second-order valence-corrected chi connectivity index (χ2v) is 5.21. The van der Waals surface area contributed by atoms with Crippen LogP contribution in [-0.4, -0.2) is 25.1 Å². The zero-order valence-electron chi connectivity index (χ0n) is 11.9.